The summed E-state index contributed by atoms with van der Waals surface area (Å²) in [4.78, 5) is 0. The van der Waals surface area contributed by atoms with E-state index in [4.69, 9.17) is 6.58 Å². The molecule has 0 atom stereocenters. The van der Waals surface area contributed by atoms with Gasteiger partial charge in [-0.2, -0.15) is 0 Å². The molecule has 2 radical (unpaired) electrons. The van der Waals surface area contributed by atoms with Crippen molar-refractivity contribution in [3.8, 4) is 0 Å². The fourth-order valence-electron chi connectivity index (χ4n) is 0.296. The van der Waals surface area contributed by atoms with E-state index in [9.17, 15) is 0 Å². The van der Waals surface area contributed by atoms with Crippen molar-refractivity contribution in [3.63, 3.8) is 0 Å². The molecule has 0 nitrogen and oxygen atoms in total. The van der Waals surface area contributed by atoms with Crippen molar-refractivity contribution in [1.82, 2.24) is 0 Å². The molecule has 0 rings (SSSR count). The van der Waals surface area contributed by atoms with E-state index in [1.807, 2.05) is 0 Å². The predicted molar refractivity (Wildman–Crippen MR) is 31.6 cm³/mol. The van der Waals surface area contributed by atoms with Gasteiger partial charge in [-0.25, -0.2) is 0 Å². The first-order valence-corrected chi connectivity index (χ1v) is 2.52. The van der Waals surface area contributed by atoms with Gasteiger partial charge in [0.2, 0.25) is 0 Å². The minimum Gasteiger partial charge on any atom is -0.0651 e. The number of unbranched alkanes of at least 4 members (excludes halogenated alkanes) is 1. The fraction of sp³-hybridized carbons (Fsp3) is 0.429. The summed E-state index contributed by atoms with van der Waals surface area (Å²) in [5.74, 6) is 0. The molecule has 0 N–H and O–H groups in total. The maximum absolute atomic E-state index is 5.03. The first-order chi connectivity index (χ1) is 3.41. The third-order valence-corrected chi connectivity index (χ3v) is 0.608. The zero-order valence-corrected chi connectivity index (χ0v) is 4.65. The summed E-state index contributed by atoms with van der Waals surface area (Å²) < 4.78 is 0. The van der Waals surface area contributed by atoms with Gasteiger partial charge >= 0.3 is 0 Å². The van der Waals surface area contributed by atoms with Crippen LogP contribution in [0, 0.1) is 12.7 Å². The summed E-state index contributed by atoms with van der Waals surface area (Å²) in [5, 5.41) is 0. The number of hydrogen-bond acceptors (Lipinski definition) is 0. The lowest BCUT2D eigenvalue weighted by Crippen LogP contribution is -1.58. The third-order valence-electron chi connectivity index (χ3n) is 0.608. The van der Waals surface area contributed by atoms with E-state index in [1.165, 1.54) is 6.08 Å². The lowest BCUT2D eigenvalue weighted by Gasteiger charge is -1.76. The van der Waals surface area contributed by atoms with Crippen molar-refractivity contribution < 1.29 is 0 Å². The Hall–Kier alpha value is -0.520. The van der Waals surface area contributed by atoms with Gasteiger partial charge in [0.25, 0.3) is 0 Å². The molecule has 0 aliphatic carbocycles. The zero-order valence-electron chi connectivity index (χ0n) is 4.65. The molecule has 0 bridgehead atoms. The lowest BCUT2D eigenvalue weighted by atomic mass is 10.3. The van der Waals surface area contributed by atoms with Crippen LogP contribution in [-0.2, 0) is 0 Å². The molecule has 0 heteroatoms. The van der Waals surface area contributed by atoms with Crippen LogP contribution in [-0.4, -0.2) is 0 Å². The highest BCUT2D eigenvalue weighted by Gasteiger charge is 1.67. The highest BCUT2D eigenvalue weighted by Crippen LogP contribution is 1.85. The van der Waals surface area contributed by atoms with E-state index in [2.05, 4.69) is 13.0 Å². The van der Waals surface area contributed by atoms with E-state index in [0.717, 1.165) is 12.8 Å². The first kappa shape index (κ1) is 6.48. The Balaban J connectivity index is 2.92. The van der Waals surface area contributed by atoms with Gasteiger partial charge in [-0.3, -0.25) is 0 Å². The molecule has 0 unspecified atom stereocenters. The van der Waals surface area contributed by atoms with Crippen LogP contribution in [0.2, 0.25) is 0 Å². The Morgan fingerprint density at radius 3 is 2.86 bits per heavy atom. The molecular weight excluding hydrogens is 84.1 g/mol. The molecule has 0 aromatic carbocycles. The highest BCUT2D eigenvalue weighted by atomic mass is 13.7. The molecule has 0 fully saturated rings. The quantitative estimate of drug-likeness (QED) is 0.470. The second-order valence-corrected chi connectivity index (χ2v) is 1.31. The Morgan fingerprint density at radius 1 is 1.71 bits per heavy atom. The van der Waals surface area contributed by atoms with Crippen LogP contribution in [0.5, 0.6) is 0 Å². The van der Waals surface area contributed by atoms with E-state index in [0.29, 0.717) is 0 Å². The monoisotopic (exact) mass is 94.1 g/mol. The van der Waals surface area contributed by atoms with Crippen LogP contribution in [0.25, 0.3) is 0 Å². The first-order valence-electron chi connectivity index (χ1n) is 2.52. The maximum Gasteiger partial charge on any atom is -0.0279 e. The van der Waals surface area contributed by atoms with Gasteiger partial charge in [0.15, 0.2) is 0 Å². The molecule has 0 saturated carbocycles. The molecule has 7 heavy (non-hydrogen) atoms. The molecule has 0 aromatic heterocycles. The van der Waals surface area contributed by atoms with Crippen molar-refractivity contribution in [1.29, 1.82) is 0 Å². The van der Waals surface area contributed by atoms with Gasteiger partial charge in [0.1, 0.15) is 0 Å². The van der Waals surface area contributed by atoms with Gasteiger partial charge < -0.3 is 0 Å². The summed E-state index contributed by atoms with van der Waals surface area (Å²) in [7, 11) is 0. The molecular formula is C7H10. The van der Waals surface area contributed by atoms with Crippen LogP contribution in [0.15, 0.2) is 12.2 Å². The molecule has 38 valence electrons. The number of rotatable bonds is 3. The lowest BCUT2D eigenvalue weighted by molar-refractivity contribution is 0.940. The average molecular weight is 94.2 g/mol. The maximum atomic E-state index is 5.03. The third kappa shape index (κ3) is 5.48. The van der Waals surface area contributed by atoms with Crippen LogP contribution >= 0.6 is 0 Å². The smallest absolute Gasteiger partial charge is 0.0279 e. The van der Waals surface area contributed by atoms with Gasteiger partial charge in [0.05, 0.1) is 0 Å². The second kappa shape index (κ2) is 5.48. The predicted octanol–water partition coefficient (Wildman–Crippen LogP) is 2.14. The SMILES string of the molecule is [CH]=C/C=[C]/CCC. The van der Waals surface area contributed by atoms with Gasteiger partial charge in [0, 0.05) is 0 Å². The summed E-state index contributed by atoms with van der Waals surface area (Å²) in [6, 6.07) is 0. The van der Waals surface area contributed by atoms with Crippen LogP contribution in [0.3, 0.4) is 0 Å². The summed E-state index contributed by atoms with van der Waals surface area (Å²) in [6.45, 7) is 7.13. The van der Waals surface area contributed by atoms with Crippen LogP contribution < -0.4 is 0 Å². The molecule has 0 heterocycles. The summed E-state index contributed by atoms with van der Waals surface area (Å²) in [5.41, 5.74) is 0. The zero-order chi connectivity index (χ0) is 5.54. The number of hydrogen-bond donors (Lipinski definition) is 0. The summed E-state index contributed by atoms with van der Waals surface area (Å²) in [6.07, 6.45) is 8.37. The van der Waals surface area contributed by atoms with E-state index in [-0.39, 0.29) is 0 Å². The standard InChI is InChI=1S/C7H10/c1-3-5-7-6-4-2/h1,3,5H,4,6H2,2H3. The van der Waals surface area contributed by atoms with Gasteiger partial charge in [-0.15, -0.1) is 0 Å². The Kier molecular flexibility index (Phi) is 5.07. The Morgan fingerprint density at radius 2 is 2.43 bits per heavy atom. The molecule has 0 aliphatic heterocycles. The minimum atomic E-state index is 1.01. The molecule has 0 amide bonds. The Bertz CT molecular complexity index is 60.4. The van der Waals surface area contributed by atoms with Crippen molar-refractivity contribution in [3.05, 3.63) is 24.8 Å². The van der Waals surface area contributed by atoms with Crippen molar-refractivity contribution >= 4 is 0 Å². The second-order valence-electron chi connectivity index (χ2n) is 1.31. The van der Waals surface area contributed by atoms with Crippen molar-refractivity contribution in [2.75, 3.05) is 0 Å². The van der Waals surface area contributed by atoms with Crippen LogP contribution in [0.4, 0.5) is 0 Å². The molecule has 0 aliphatic rings. The topological polar surface area (TPSA) is 0 Å². The Labute approximate surface area is 45.5 Å². The van der Waals surface area contributed by atoms with E-state index < -0.39 is 0 Å². The molecule has 0 spiro atoms. The molecule has 0 aromatic rings. The summed E-state index contributed by atoms with van der Waals surface area (Å²) >= 11 is 0. The largest absolute Gasteiger partial charge is 0.0651 e. The van der Waals surface area contributed by atoms with Crippen LogP contribution in [0.1, 0.15) is 19.8 Å². The normalized spacial score (nSPS) is 9.86. The number of allylic oxidation sites excluding steroid dienone is 3. The minimum absolute atomic E-state index is 1.01. The fourth-order valence-corrected chi connectivity index (χ4v) is 0.296. The van der Waals surface area contributed by atoms with E-state index >= 15 is 0 Å². The highest BCUT2D eigenvalue weighted by molar-refractivity contribution is 4.89. The van der Waals surface area contributed by atoms with Gasteiger partial charge in [-0.05, 0) is 12.5 Å². The van der Waals surface area contributed by atoms with E-state index in [1.54, 1.807) is 6.08 Å². The van der Waals surface area contributed by atoms with Crippen molar-refractivity contribution in [2.24, 2.45) is 0 Å². The van der Waals surface area contributed by atoms with Crippen molar-refractivity contribution in [2.45, 2.75) is 19.8 Å². The van der Waals surface area contributed by atoms with Gasteiger partial charge in [-0.1, -0.05) is 32.1 Å². The average Bonchev–Trinajstić information content (AvgIpc) is 1.69. The molecule has 0 saturated heterocycles.